The van der Waals surface area contributed by atoms with Crippen molar-refractivity contribution in [2.75, 3.05) is 13.1 Å². The van der Waals surface area contributed by atoms with Gasteiger partial charge in [0.15, 0.2) is 0 Å². The van der Waals surface area contributed by atoms with Crippen LogP contribution in [0.2, 0.25) is 0 Å². The fraction of sp³-hybridized carbons (Fsp3) is 0.818. The number of amides is 2. The standard InChI is InChI=1S/C11H16N2O2/c14-10-5-7-12(8-3-4-8)11(15)9-2-1-6-13(9)10/h8-9H,1-7H2. The van der Waals surface area contributed by atoms with Crippen LogP contribution in [0.3, 0.4) is 0 Å². The molecule has 2 saturated heterocycles. The molecule has 2 amide bonds. The molecular weight excluding hydrogens is 192 g/mol. The van der Waals surface area contributed by atoms with Gasteiger partial charge in [0.05, 0.1) is 0 Å². The van der Waals surface area contributed by atoms with Crippen LogP contribution < -0.4 is 0 Å². The highest BCUT2D eigenvalue weighted by atomic mass is 16.2. The van der Waals surface area contributed by atoms with E-state index in [1.54, 1.807) is 4.90 Å². The first-order chi connectivity index (χ1) is 7.27. The van der Waals surface area contributed by atoms with Crippen molar-refractivity contribution in [3.8, 4) is 0 Å². The second-order valence-electron chi connectivity index (χ2n) is 4.76. The highest BCUT2D eigenvalue weighted by molar-refractivity contribution is 5.90. The fourth-order valence-electron chi connectivity index (χ4n) is 2.73. The number of fused-ring (bicyclic) bond motifs is 1. The zero-order valence-corrected chi connectivity index (χ0v) is 8.82. The molecule has 15 heavy (non-hydrogen) atoms. The van der Waals surface area contributed by atoms with Crippen LogP contribution in [0.4, 0.5) is 0 Å². The average Bonchev–Trinajstić information content (AvgIpc) is 2.95. The third-order valence-electron chi connectivity index (χ3n) is 3.70. The number of nitrogens with zero attached hydrogens (tertiary/aromatic N) is 2. The summed E-state index contributed by atoms with van der Waals surface area (Å²) in [7, 11) is 0. The Morgan fingerprint density at radius 1 is 1.00 bits per heavy atom. The minimum Gasteiger partial charge on any atom is -0.337 e. The lowest BCUT2D eigenvalue weighted by Crippen LogP contribution is -2.44. The van der Waals surface area contributed by atoms with E-state index in [0.717, 1.165) is 32.2 Å². The monoisotopic (exact) mass is 208 g/mol. The Kier molecular flexibility index (Phi) is 1.97. The van der Waals surface area contributed by atoms with E-state index in [2.05, 4.69) is 0 Å². The van der Waals surface area contributed by atoms with Gasteiger partial charge in [-0.05, 0) is 25.7 Å². The molecule has 4 heteroatoms. The van der Waals surface area contributed by atoms with Gasteiger partial charge in [0, 0.05) is 25.6 Å². The summed E-state index contributed by atoms with van der Waals surface area (Å²) < 4.78 is 0. The van der Waals surface area contributed by atoms with Crippen molar-refractivity contribution < 1.29 is 9.59 Å². The molecule has 0 bridgehead atoms. The maximum absolute atomic E-state index is 12.2. The van der Waals surface area contributed by atoms with Crippen LogP contribution in [0.25, 0.3) is 0 Å². The second-order valence-corrected chi connectivity index (χ2v) is 4.76. The maximum atomic E-state index is 12.2. The lowest BCUT2D eigenvalue weighted by molar-refractivity contribution is -0.139. The van der Waals surface area contributed by atoms with Crippen LogP contribution in [0, 0.1) is 0 Å². The van der Waals surface area contributed by atoms with Gasteiger partial charge < -0.3 is 9.80 Å². The van der Waals surface area contributed by atoms with Crippen LogP contribution in [-0.4, -0.2) is 46.8 Å². The highest BCUT2D eigenvalue weighted by Gasteiger charge is 2.43. The smallest absolute Gasteiger partial charge is 0.245 e. The van der Waals surface area contributed by atoms with Gasteiger partial charge in [-0.15, -0.1) is 0 Å². The van der Waals surface area contributed by atoms with Crippen LogP contribution in [-0.2, 0) is 9.59 Å². The lowest BCUT2D eigenvalue weighted by atomic mass is 10.2. The molecule has 0 aromatic carbocycles. The Morgan fingerprint density at radius 2 is 1.80 bits per heavy atom. The van der Waals surface area contributed by atoms with Gasteiger partial charge in [-0.25, -0.2) is 0 Å². The highest BCUT2D eigenvalue weighted by Crippen LogP contribution is 2.32. The molecule has 2 aliphatic heterocycles. The zero-order valence-electron chi connectivity index (χ0n) is 8.82. The van der Waals surface area contributed by atoms with Gasteiger partial charge in [0.25, 0.3) is 0 Å². The van der Waals surface area contributed by atoms with Crippen LogP contribution in [0.15, 0.2) is 0 Å². The first-order valence-corrected chi connectivity index (χ1v) is 5.87. The Balaban J connectivity index is 1.85. The van der Waals surface area contributed by atoms with E-state index in [0.29, 0.717) is 19.0 Å². The Hall–Kier alpha value is -1.06. The third-order valence-corrected chi connectivity index (χ3v) is 3.70. The van der Waals surface area contributed by atoms with Crippen molar-refractivity contribution in [3.05, 3.63) is 0 Å². The molecule has 0 aromatic rings. The van der Waals surface area contributed by atoms with Gasteiger partial charge in [0.2, 0.25) is 11.8 Å². The molecular formula is C11H16N2O2. The Bertz CT molecular complexity index is 312. The minimum absolute atomic E-state index is 0.124. The van der Waals surface area contributed by atoms with E-state index in [-0.39, 0.29) is 17.9 Å². The van der Waals surface area contributed by atoms with E-state index in [1.165, 1.54) is 0 Å². The number of hydrogen-bond donors (Lipinski definition) is 0. The Labute approximate surface area is 89.2 Å². The quantitative estimate of drug-likeness (QED) is 0.624. The summed E-state index contributed by atoms with van der Waals surface area (Å²) in [4.78, 5) is 27.7. The normalized spacial score (nSPS) is 31.9. The van der Waals surface area contributed by atoms with E-state index < -0.39 is 0 Å². The molecule has 2 heterocycles. The summed E-state index contributed by atoms with van der Waals surface area (Å²) >= 11 is 0. The second kappa shape index (κ2) is 3.22. The van der Waals surface area contributed by atoms with E-state index in [4.69, 9.17) is 0 Å². The van der Waals surface area contributed by atoms with Gasteiger partial charge >= 0.3 is 0 Å². The summed E-state index contributed by atoms with van der Waals surface area (Å²) in [5, 5.41) is 0. The topological polar surface area (TPSA) is 40.6 Å². The van der Waals surface area contributed by atoms with E-state index in [1.807, 2.05) is 4.90 Å². The van der Waals surface area contributed by atoms with Crippen molar-refractivity contribution >= 4 is 11.8 Å². The molecule has 3 fully saturated rings. The summed E-state index contributed by atoms with van der Waals surface area (Å²) in [6.45, 7) is 1.43. The minimum atomic E-state index is -0.124. The van der Waals surface area contributed by atoms with E-state index in [9.17, 15) is 9.59 Å². The number of rotatable bonds is 1. The van der Waals surface area contributed by atoms with Crippen LogP contribution in [0.5, 0.6) is 0 Å². The molecule has 1 atom stereocenters. The van der Waals surface area contributed by atoms with Gasteiger partial charge in [-0.2, -0.15) is 0 Å². The van der Waals surface area contributed by atoms with Crippen molar-refractivity contribution in [2.45, 2.75) is 44.2 Å². The molecule has 0 aromatic heterocycles. The lowest BCUT2D eigenvalue weighted by Gasteiger charge is -2.24. The molecule has 3 aliphatic rings. The van der Waals surface area contributed by atoms with Crippen molar-refractivity contribution in [1.29, 1.82) is 0 Å². The first kappa shape index (κ1) is 9.19. The fourth-order valence-corrected chi connectivity index (χ4v) is 2.73. The molecule has 3 rings (SSSR count). The average molecular weight is 208 g/mol. The van der Waals surface area contributed by atoms with Crippen molar-refractivity contribution in [1.82, 2.24) is 9.80 Å². The molecule has 1 saturated carbocycles. The molecule has 0 N–H and O–H groups in total. The number of carbonyl (C=O) groups excluding carboxylic acids is 2. The predicted molar refractivity (Wildman–Crippen MR) is 54.1 cm³/mol. The summed E-state index contributed by atoms with van der Waals surface area (Å²) in [6, 6.07) is 0.325. The van der Waals surface area contributed by atoms with Crippen molar-refractivity contribution in [3.63, 3.8) is 0 Å². The largest absolute Gasteiger partial charge is 0.337 e. The molecule has 0 radical (unpaired) electrons. The SMILES string of the molecule is O=C1C2CCCN2C(=O)CCN1C1CC1. The summed E-state index contributed by atoms with van der Waals surface area (Å²) in [5.41, 5.74) is 0. The molecule has 0 spiro atoms. The van der Waals surface area contributed by atoms with E-state index >= 15 is 0 Å². The molecule has 4 nitrogen and oxygen atoms in total. The molecule has 1 unspecified atom stereocenters. The number of carbonyl (C=O) groups is 2. The van der Waals surface area contributed by atoms with Gasteiger partial charge in [-0.3, -0.25) is 9.59 Å². The summed E-state index contributed by atoms with van der Waals surface area (Å²) in [5.74, 6) is 0.384. The maximum Gasteiger partial charge on any atom is 0.245 e. The van der Waals surface area contributed by atoms with Gasteiger partial charge in [-0.1, -0.05) is 0 Å². The predicted octanol–water partition coefficient (Wildman–Crippen LogP) is 0.372. The van der Waals surface area contributed by atoms with Gasteiger partial charge in [0.1, 0.15) is 6.04 Å². The first-order valence-electron chi connectivity index (χ1n) is 5.87. The van der Waals surface area contributed by atoms with Crippen LogP contribution >= 0.6 is 0 Å². The van der Waals surface area contributed by atoms with Crippen molar-refractivity contribution in [2.24, 2.45) is 0 Å². The third kappa shape index (κ3) is 1.43. The van der Waals surface area contributed by atoms with Crippen LogP contribution in [0.1, 0.15) is 32.1 Å². The zero-order chi connectivity index (χ0) is 10.4. The molecule has 1 aliphatic carbocycles. The summed E-state index contributed by atoms with van der Waals surface area (Å²) in [6.07, 6.45) is 4.65. The number of hydrogen-bond acceptors (Lipinski definition) is 2. The Morgan fingerprint density at radius 3 is 2.53 bits per heavy atom. The molecule has 82 valence electrons.